The molecule has 53 heavy (non-hydrogen) atoms. The summed E-state index contributed by atoms with van der Waals surface area (Å²) < 4.78 is 43.4. The van der Waals surface area contributed by atoms with Gasteiger partial charge in [0.25, 0.3) is 0 Å². The standard InChI is InChI=1S/C38H48ClNO13/c1-24(40(19-20-41)29-12-10-11-28(39)23-29)21-27-17-18-32-33(22-27)53-38(52-32,34(42)46-25(2)48-36(44)50-30-13-6-4-7-14-30)35(43)47-26(3)49-37(45)51-31-15-8-5-9-16-31/h10-12,17-18,22-26,30-31,41H,4-9,13-16,19-21H2,1-3H3/t24-,25?,26?,38?/m1/s1. The van der Waals surface area contributed by atoms with Crippen molar-refractivity contribution in [1.29, 1.82) is 0 Å². The molecule has 2 saturated carbocycles. The van der Waals surface area contributed by atoms with Crippen molar-refractivity contribution in [2.24, 2.45) is 0 Å². The van der Waals surface area contributed by atoms with Crippen LogP contribution in [-0.2, 0) is 44.4 Å². The van der Waals surface area contributed by atoms with Gasteiger partial charge in [-0.3, -0.25) is 0 Å². The summed E-state index contributed by atoms with van der Waals surface area (Å²) >= 11 is 6.23. The van der Waals surface area contributed by atoms with Gasteiger partial charge in [0, 0.05) is 37.1 Å². The topological polar surface area (TPSA) is 166 Å². The zero-order valence-electron chi connectivity index (χ0n) is 30.3. The van der Waals surface area contributed by atoms with Crippen molar-refractivity contribution in [2.75, 3.05) is 18.1 Å². The quantitative estimate of drug-likeness (QED) is 0.0906. The molecule has 3 atom stereocenters. The van der Waals surface area contributed by atoms with E-state index in [4.69, 9.17) is 49.5 Å². The maximum atomic E-state index is 13.8. The van der Waals surface area contributed by atoms with Gasteiger partial charge in [-0.1, -0.05) is 36.6 Å². The number of hydrogen-bond donors (Lipinski definition) is 1. The first-order valence-corrected chi connectivity index (χ1v) is 18.6. The molecule has 1 aliphatic heterocycles. The first-order chi connectivity index (χ1) is 25.4. The highest BCUT2D eigenvalue weighted by Crippen LogP contribution is 2.42. The zero-order chi connectivity index (χ0) is 38.0. The first-order valence-electron chi connectivity index (χ1n) is 18.3. The van der Waals surface area contributed by atoms with Gasteiger partial charge in [-0.25, -0.2) is 19.2 Å². The molecule has 5 rings (SSSR count). The molecule has 2 aromatic rings. The Labute approximate surface area is 313 Å². The van der Waals surface area contributed by atoms with Crippen LogP contribution in [0.4, 0.5) is 15.3 Å². The molecule has 2 unspecified atom stereocenters. The van der Waals surface area contributed by atoms with Crippen LogP contribution < -0.4 is 14.4 Å². The Morgan fingerprint density at radius 2 is 1.32 bits per heavy atom. The molecule has 3 aliphatic rings. The monoisotopic (exact) mass is 761 g/mol. The van der Waals surface area contributed by atoms with Gasteiger partial charge < -0.3 is 47.9 Å². The summed E-state index contributed by atoms with van der Waals surface area (Å²) in [6, 6.07) is 12.0. The summed E-state index contributed by atoms with van der Waals surface area (Å²) in [4.78, 5) is 54.4. The van der Waals surface area contributed by atoms with Gasteiger partial charge in [0.2, 0.25) is 12.6 Å². The molecule has 2 aromatic carbocycles. The molecular weight excluding hydrogens is 714 g/mol. The number of halogens is 1. The maximum absolute atomic E-state index is 13.8. The van der Waals surface area contributed by atoms with Crippen molar-refractivity contribution in [2.45, 2.75) is 128 Å². The Bertz CT molecular complexity index is 1520. The third kappa shape index (κ3) is 10.8. The molecule has 0 aromatic heterocycles. The second kappa shape index (κ2) is 18.6. The van der Waals surface area contributed by atoms with Crippen molar-refractivity contribution in [3.63, 3.8) is 0 Å². The first kappa shape index (κ1) is 39.8. The number of nitrogens with zero attached hydrogens (tertiary/aromatic N) is 1. The molecule has 2 aliphatic carbocycles. The second-order valence-corrected chi connectivity index (χ2v) is 13.9. The summed E-state index contributed by atoms with van der Waals surface area (Å²) in [7, 11) is 0. The highest BCUT2D eigenvalue weighted by atomic mass is 35.5. The second-order valence-electron chi connectivity index (χ2n) is 13.5. The van der Waals surface area contributed by atoms with E-state index in [1.54, 1.807) is 24.3 Å². The molecule has 0 spiro atoms. The fourth-order valence-corrected chi connectivity index (χ4v) is 6.90. The van der Waals surface area contributed by atoms with E-state index in [1.807, 2.05) is 24.0 Å². The molecule has 1 heterocycles. The molecular formula is C38H48ClNO13. The predicted octanol–water partition coefficient (Wildman–Crippen LogP) is 6.99. The number of anilines is 1. The number of fused-ring (bicyclic) bond motifs is 1. The molecule has 1 N–H and O–H groups in total. The van der Waals surface area contributed by atoms with Crippen LogP contribution >= 0.6 is 11.6 Å². The van der Waals surface area contributed by atoms with Crippen molar-refractivity contribution < 1.29 is 62.2 Å². The lowest BCUT2D eigenvalue weighted by molar-refractivity contribution is -0.224. The average molecular weight is 762 g/mol. The van der Waals surface area contributed by atoms with Crippen LogP contribution in [0.25, 0.3) is 0 Å². The Hall–Kier alpha value is -4.43. The van der Waals surface area contributed by atoms with E-state index in [9.17, 15) is 24.3 Å². The highest BCUT2D eigenvalue weighted by Gasteiger charge is 2.61. The molecule has 0 bridgehead atoms. The Morgan fingerprint density at radius 1 is 0.774 bits per heavy atom. The number of hydrogen-bond acceptors (Lipinski definition) is 14. The lowest BCUT2D eigenvalue weighted by Gasteiger charge is -2.31. The van der Waals surface area contributed by atoms with Gasteiger partial charge in [-0.2, -0.15) is 0 Å². The number of benzene rings is 2. The SMILES string of the molecule is CC(OC(=O)OC1CCCCC1)OC(=O)C1(C(=O)OC(C)OC(=O)OC2CCCCC2)Oc2ccc(C[C@@H](C)N(CCO)c3cccc(Cl)c3)cc2O1. The van der Waals surface area contributed by atoms with Gasteiger partial charge in [0.05, 0.1) is 6.61 Å². The third-order valence-electron chi connectivity index (χ3n) is 9.30. The van der Waals surface area contributed by atoms with E-state index in [2.05, 4.69) is 0 Å². The van der Waals surface area contributed by atoms with Crippen molar-refractivity contribution >= 4 is 41.5 Å². The summed E-state index contributed by atoms with van der Waals surface area (Å²) in [5.41, 5.74) is 1.56. The maximum Gasteiger partial charge on any atom is 0.511 e. The minimum Gasteiger partial charge on any atom is -0.431 e. The van der Waals surface area contributed by atoms with Gasteiger partial charge in [0.15, 0.2) is 11.5 Å². The van der Waals surface area contributed by atoms with Crippen LogP contribution in [-0.4, -0.2) is 79.1 Å². The Balaban J connectivity index is 1.29. The molecule has 290 valence electrons. The molecule has 0 radical (unpaired) electrons. The summed E-state index contributed by atoms with van der Waals surface area (Å²) in [6.07, 6.45) is 3.36. The fourth-order valence-electron chi connectivity index (χ4n) is 6.71. The number of carbonyl (C=O) groups is 4. The molecule has 0 amide bonds. The van der Waals surface area contributed by atoms with E-state index in [0.29, 0.717) is 43.7 Å². The largest absolute Gasteiger partial charge is 0.511 e. The van der Waals surface area contributed by atoms with Gasteiger partial charge in [-0.05, 0) is 101 Å². The number of rotatable bonds is 14. The molecule has 15 heteroatoms. The predicted molar refractivity (Wildman–Crippen MR) is 189 cm³/mol. The van der Waals surface area contributed by atoms with E-state index in [0.717, 1.165) is 49.8 Å². The number of esters is 2. The molecule has 2 fully saturated rings. The number of ether oxygens (including phenoxy) is 8. The average Bonchev–Trinajstić information content (AvgIpc) is 3.51. The van der Waals surface area contributed by atoms with Crippen LogP contribution in [0.15, 0.2) is 42.5 Å². The lowest BCUT2D eigenvalue weighted by atomic mass is 9.98. The summed E-state index contributed by atoms with van der Waals surface area (Å²) in [5.74, 6) is -5.59. The van der Waals surface area contributed by atoms with Crippen molar-refractivity contribution in [1.82, 2.24) is 0 Å². The zero-order valence-corrected chi connectivity index (χ0v) is 31.0. The number of aliphatic hydroxyl groups is 1. The van der Waals surface area contributed by atoms with E-state index < -0.39 is 42.6 Å². The van der Waals surface area contributed by atoms with Crippen LogP contribution in [0.2, 0.25) is 5.02 Å². The van der Waals surface area contributed by atoms with Gasteiger partial charge >= 0.3 is 30.0 Å². The number of aliphatic hydroxyl groups excluding tert-OH is 1. The van der Waals surface area contributed by atoms with Crippen LogP contribution in [0.3, 0.4) is 0 Å². The van der Waals surface area contributed by atoms with Crippen molar-refractivity contribution in [3.05, 3.63) is 53.1 Å². The van der Waals surface area contributed by atoms with Gasteiger partial charge in [0.1, 0.15) is 12.2 Å². The molecule has 0 saturated heterocycles. The van der Waals surface area contributed by atoms with E-state index in [1.165, 1.54) is 19.9 Å². The van der Waals surface area contributed by atoms with Gasteiger partial charge in [-0.15, -0.1) is 0 Å². The van der Waals surface area contributed by atoms with Crippen LogP contribution in [0.1, 0.15) is 90.5 Å². The van der Waals surface area contributed by atoms with Crippen molar-refractivity contribution in [3.8, 4) is 11.5 Å². The van der Waals surface area contributed by atoms with E-state index in [-0.39, 0.29) is 36.4 Å². The van der Waals surface area contributed by atoms with Crippen LogP contribution in [0, 0.1) is 0 Å². The van der Waals surface area contributed by atoms with E-state index >= 15 is 0 Å². The molecule has 14 nitrogen and oxygen atoms in total. The smallest absolute Gasteiger partial charge is 0.431 e. The number of carbonyl (C=O) groups excluding carboxylic acids is 4. The minimum absolute atomic E-state index is 0.0212. The fraction of sp³-hybridized carbons (Fsp3) is 0.579. The minimum atomic E-state index is -2.86. The Kier molecular flexibility index (Phi) is 13.9. The normalized spacial score (nSPS) is 20.3. The van der Waals surface area contributed by atoms with Crippen LogP contribution in [0.5, 0.6) is 11.5 Å². The Morgan fingerprint density at radius 3 is 1.85 bits per heavy atom. The lowest BCUT2D eigenvalue weighted by Crippen LogP contribution is -2.57. The summed E-state index contributed by atoms with van der Waals surface area (Å²) in [5, 5.41) is 10.3. The highest BCUT2D eigenvalue weighted by molar-refractivity contribution is 6.30. The third-order valence-corrected chi connectivity index (χ3v) is 9.53. The summed E-state index contributed by atoms with van der Waals surface area (Å²) in [6.45, 7) is 4.76.